The summed E-state index contributed by atoms with van der Waals surface area (Å²) in [5.41, 5.74) is -5.66. The quantitative estimate of drug-likeness (QED) is 0.319. The Morgan fingerprint density at radius 2 is 1.26 bits per heavy atom. The molecule has 2 nitrogen and oxygen atoms in total. The predicted octanol–water partition coefficient (Wildman–Crippen LogP) is 4.15. The molecule has 0 bridgehead atoms. The minimum absolute atomic E-state index is 0.158. The third-order valence-corrected chi connectivity index (χ3v) is 3.43. The fourth-order valence-corrected chi connectivity index (χ4v) is 2.01. The van der Waals surface area contributed by atoms with Crippen molar-refractivity contribution in [1.29, 1.82) is 0 Å². The van der Waals surface area contributed by atoms with Crippen molar-refractivity contribution in [3.8, 4) is 0 Å². The molecule has 1 fully saturated rings. The number of rotatable bonds is 5. The molecule has 134 valence electrons. The van der Waals surface area contributed by atoms with Gasteiger partial charge >= 0.3 is 29.7 Å². The highest BCUT2D eigenvalue weighted by atomic mass is 19.4. The molecule has 0 heterocycles. The van der Waals surface area contributed by atoms with Gasteiger partial charge in [0.25, 0.3) is 0 Å². The Kier molecular flexibility index (Phi) is 4.52. The summed E-state index contributed by atoms with van der Waals surface area (Å²) in [5, 5.41) is 0. The van der Waals surface area contributed by atoms with Crippen LogP contribution in [0.1, 0.15) is 19.8 Å². The monoisotopic (exact) mass is 358 g/mol. The molecule has 0 N–H and O–H groups in total. The summed E-state index contributed by atoms with van der Waals surface area (Å²) in [6.07, 6.45) is -3.17. The van der Waals surface area contributed by atoms with Crippen molar-refractivity contribution in [2.24, 2.45) is 0 Å². The van der Waals surface area contributed by atoms with Crippen molar-refractivity contribution in [1.82, 2.24) is 0 Å². The van der Waals surface area contributed by atoms with E-state index < -0.39 is 54.8 Å². The molecule has 1 aliphatic carbocycles. The minimum atomic E-state index is -6.58. The third kappa shape index (κ3) is 2.30. The fourth-order valence-electron chi connectivity index (χ4n) is 2.01. The van der Waals surface area contributed by atoms with Gasteiger partial charge in [-0.1, -0.05) is 6.58 Å². The van der Waals surface area contributed by atoms with E-state index in [1.807, 2.05) is 0 Å². The van der Waals surface area contributed by atoms with Gasteiger partial charge in [0.2, 0.25) is 5.67 Å². The van der Waals surface area contributed by atoms with Gasteiger partial charge in [-0.05, 0) is 19.8 Å². The van der Waals surface area contributed by atoms with E-state index in [9.17, 15) is 44.3 Å². The van der Waals surface area contributed by atoms with Gasteiger partial charge in [-0.2, -0.15) is 35.1 Å². The first-order valence-electron chi connectivity index (χ1n) is 6.10. The number of hydrogen-bond acceptors (Lipinski definition) is 2. The Hall–Kier alpha value is -1.42. The van der Waals surface area contributed by atoms with Gasteiger partial charge in [0.05, 0.1) is 6.61 Å². The van der Waals surface area contributed by atoms with E-state index in [0.717, 1.165) is 0 Å². The van der Waals surface area contributed by atoms with Crippen LogP contribution in [0.15, 0.2) is 12.2 Å². The van der Waals surface area contributed by atoms with Gasteiger partial charge in [-0.15, -0.1) is 0 Å². The van der Waals surface area contributed by atoms with Crippen molar-refractivity contribution < 1.29 is 49.0 Å². The van der Waals surface area contributed by atoms with Crippen LogP contribution >= 0.6 is 0 Å². The first-order chi connectivity index (χ1) is 10.1. The smallest absolute Gasteiger partial charge is 0.381 e. The van der Waals surface area contributed by atoms with Gasteiger partial charge < -0.3 is 4.74 Å². The number of ether oxygens (including phenoxy) is 1. The van der Waals surface area contributed by atoms with Crippen LogP contribution in [0.4, 0.5) is 39.5 Å². The standard InChI is InChI=1S/C12H11F9O2/c1-6(2)7(22)23-5-3-4-8(13)9(14,15)11(18,19)12(20,21)10(8,16)17/h1,3-5H2,2H3. The van der Waals surface area contributed by atoms with Gasteiger partial charge in [0.1, 0.15) is 0 Å². The summed E-state index contributed by atoms with van der Waals surface area (Å²) >= 11 is 0. The van der Waals surface area contributed by atoms with E-state index >= 15 is 0 Å². The number of carbonyl (C=O) groups excluding carboxylic acids is 1. The number of carbonyl (C=O) groups is 1. The summed E-state index contributed by atoms with van der Waals surface area (Å²) in [7, 11) is 0. The van der Waals surface area contributed by atoms with E-state index in [-0.39, 0.29) is 5.57 Å². The molecule has 0 aromatic heterocycles. The molecule has 0 aromatic rings. The molecule has 0 atom stereocenters. The molecule has 1 rings (SSSR count). The van der Waals surface area contributed by atoms with Gasteiger partial charge in [0, 0.05) is 5.57 Å². The maximum atomic E-state index is 13.9. The van der Waals surface area contributed by atoms with E-state index in [1.54, 1.807) is 0 Å². The SMILES string of the molecule is C=C(C)C(=O)OCCCC1(F)C(F)(F)C(F)(F)C(F)(F)C1(F)F. The zero-order valence-electron chi connectivity index (χ0n) is 11.5. The Morgan fingerprint density at radius 3 is 1.61 bits per heavy atom. The van der Waals surface area contributed by atoms with Crippen molar-refractivity contribution in [3.05, 3.63) is 12.2 Å². The van der Waals surface area contributed by atoms with Crippen LogP contribution in [-0.4, -0.2) is 41.9 Å². The van der Waals surface area contributed by atoms with Gasteiger partial charge in [-0.3, -0.25) is 0 Å². The van der Waals surface area contributed by atoms with Crippen molar-refractivity contribution in [3.63, 3.8) is 0 Å². The molecule has 0 amide bonds. The first kappa shape index (κ1) is 19.6. The van der Waals surface area contributed by atoms with E-state index in [2.05, 4.69) is 11.3 Å². The summed E-state index contributed by atoms with van der Waals surface area (Å²) in [5.74, 6) is -26.9. The van der Waals surface area contributed by atoms with Crippen LogP contribution in [0, 0.1) is 0 Å². The summed E-state index contributed by atoms with van der Waals surface area (Å²) < 4.78 is 123. The van der Waals surface area contributed by atoms with E-state index in [0.29, 0.717) is 0 Å². The number of hydrogen-bond donors (Lipinski definition) is 0. The largest absolute Gasteiger partial charge is 0.462 e. The molecule has 0 aliphatic heterocycles. The van der Waals surface area contributed by atoms with Crippen LogP contribution in [0.25, 0.3) is 0 Å². The molecule has 11 heteroatoms. The number of esters is 1. The zero-order valence-corrected chi connectivity index (χ0v) is 11.5. The molecular formula is C12H11F9O2. The van der Waals surface area contributed by atoms with E-state index in [1.165, 1.54) is 6.92 Å². The third-order valence-electron chi connectivity index (χ3n) is 3.43. The second kappa shape index (κ2) is 5.30. The zero-order chi connectivity index (χ0) is 18.5. The lowest BCUT2D eigenvalue weighted by atomic mass is 9.91. The van der Waals surface area contributed by atoms with Gasteiger partial charge in [-0.25, -0.2) is 9.18 Å². The van der Waals surface area contributed by atoms with E-state index in [4.69, 9.17) is 0 Å². The molecular weight excluding hydrogens is 347 g/mol. The van der Waals surface area contributed by atoms with Crippen LogP contribution in [0.5, 0.6) is 0 Å². The molecule has 0 unspecified atom stereocenters. The normalized spacial score (nSPS) is 25.8. The summed E-state index contributed by atoms with van der Waals surface area (Å²) in [6.45, 7) is 3.39. The Balaban J connectivity index is 2.99. The summed E-state index contributed by atoms with van der Waals surface area (Å²) in [6, 6.07) is 0. The maximum Gasteiger partial charge on any atom is 0.381 e. The maximum absolute atomic E-state index is 13.9. The first-order valence-corrected chi connectivity index (χ1v) is 6.10. The predicted molar refractivity (Wildman–Crippen MR) is 58.6 cm³/mol. The topological polar surface area (TPSA) is 26.3 Å². The molecule has 0 spiro atoms. The van der Waals surface area contributed by atoms with Crippen molar-refractivity contribution >= 4 is 5.97 Å². The molecule has 1 saturated carbocycles. The van der Waals surface area contributed by atoms with Gasteiger partial charge in [0.15, 0.2) is 0 Å². The lowest BCUT2D eigenvalue weighted by Crippen LogP contribution is -2.54. The highest BCUT2D eigenvalue weighted by Crippen LogP contribution is 2.70. The highest BCUT2D eigenvalue weighted by Gasteiger charge is 3.00. The highest BCUT2D eigenvalue weighted by molar-refractivity contribution is 5.86. The second-order valence-corrected chi connectivity index (χ2v) is 5.12. The fraction of sp³-hybridized carbons (Fsp3) is 0.750. The molecule has 0 saturated heterocycles. The van der Waals surface area contributed by atoms with Crippen LogP contribution in [0.3, 0.4) is 0 Å². The van der Waals surface area contributed by atoms with Crippen LogP contribution < -0.4 is 0 Å². The Labute approximate surface area is 124 Å². The van der Waals surface area contributed by atoms with Crippen LogP contribution in [0.2, 0.25) is 0 Å². The number of halogens is 9. The lowest BCUT2D eigenvalue weighted by Gasteiger charge is -2.30. The summed E-state index contributed by atoms with van der Waals surface area (Å²) in [4.78, 5) is 10.9. The Bertz CT molecular complexity index is 487. The second-order valence-electron chi connectivity index (χ2n) is 5.12. The molecule has 0 aromatic carbocycles. The number of alkyl halides is 9. The molecule has 0 radical (unpaired) electrons. The van der Waals surface area contributed by atoms with Crippen molar-refractivity contribution in [2.75, 3.05) is 6.61 Å². The van der Waals surface area contributed by atoms with Crippen LogP contribution in [-0.2, 0) is 9.53 Å². The lowest BCUT2D eigenvalue weighted by molar-refractivity contribution is -0.303. The van der Waals surface area contributed by atoms with Crippen molar-refractivity contribution in [2.45, 2.75) is 49.1 Å². The average Bonchev–Trinajstić information content (AvgIpc) is 2.45. The minimum Gasteiger partial charge on any atom is -0.462 e. The molecule has 23 heavy (non-hydrogen) atoms. The average molecular weight is 358 g/mol. The molecule has 1 aliphatic rings. The Morgan fingerprint density at radius 1 is 0.870 bits per heavy atom.